The Morgan fingerprint density at radius 3 is 2.64 bits per heavy atom. The molecule has 200 valence electrons. The fourth-order valence-electron chi connectivity index (χ4n) is 3.92. The van der Waals surface area contributed by atoms with Crippen molar-refractivity contribution < 1.29 is 23.9 Å². The number of esters is 1. The Balaban J connectivity index is 1.39. The van der Waals surface area contributed by atoms with E-state index in [0.29, 0.717) is 38.5 Å². The van der Waals surface area contributed by atoms with E-state index in [9.17, 15) is 19.6 Å². The zero-order valence-electron chi connectivity index (χ0n) is 21.1. The monoisotopic (exact) mass is 608 g/mol. The van der Waals surface area contributed by atoms with Crippen molar-refractivity contribution in [3.05, 3.63) is 74.1 Å². The summed E-state index contributed by atoms with van der Waals surface area (Å²) >= 11 is 4.69. The standard InChI is InChI=1S/C28H25BrN4O5S/c1-2-13-37-20-10-7-17(8-11-20)28(36)38-23-12-9-19(29)14-18(23)16-31-33-26(35)25(34)32-27-22(15-30)21-5-3-4-6-24(21)39-27/h7-12,14,16H,2-6,13H2,1H3,(H,32,34)(H,33,35)/b31-16+. The fraction of sp³-hybridized carbons (Fsp3) is 0.250. The molecule has 11 heteroatoms. The molecule has 1 aliphatic carbocycles. The van der Waals surface area contributed by atoms with Gasteiger partial charge in [0.25, 0.3) is 0 Å². The minimum absolute atomic E-state index is 0.208. The lowest BCUT2D eigenvalue weighted by molar-refractivity contribution is -0.136. The third-order valence-electron chi connectivity index (χ3n) is 5.82. The molecule has 0 saturated carbocycles. The minimum Gasteiger partial charge on any atom is -0.494 e. The molecule has 0 radical (unpaired) electrons. The van der Waals surface area contributed by atoms with Gasteiger partial charge >= 0.3 is 17.8 Å². The number of hydrogen-bond acceptors (Lipinski definition) is 8. The van der Waals surface area contributed by atoms with Gasteiger partial charge in [0.1, 0.15) is 22.6 Å². The van der Waals surface area contributed by atoms with Crippen molar-refractivity contribution >= 4 is 56.3 Å². The van der Waals surface area contributed by atoms with E-state index < -0.39 is 17.8 Å². The highest BCUT2D eigenvalue weighted by Crippen LogP contribution is 2.37. The van der Waals surface area contributed by atoms with Crippen LogP contribution in [0.25, 0.3) is 0 Å². The average Bonchev–Trinajstić information content (AvgIpc) is 3.30. The first-order chi connectivity index (χ1) is 18.9. The molecule has 1 heterocycles. The molecule has 2 aromatic carbocycles. The first-order valence-electron chi connectivity index (χ1n) is 12.3. The Morgan fingerprint density at radius 2 is 1.90 bits per heavy atom. The molecular weight excluding hydrogens is 584 g/mol. The lowest BCUT2D eigenvalue weighted by atomic mass is 9.96. The van der Waals surface area contributed by atoms with E-state index in [1.54, 1.807) is 42.5 Å². The van der Waals surface area contributed by atoms with Gasteiger partial charge in [-0.3, -0.25) is 9.59 Å². The maximum atomic E-state index is 12.7. The smallest absolute Gasteiger partial charge is 0.343 e. The lowest BCUT2D eigenvalue weighted by Crippen LogP contribution is -2.32. The summed E-state index contributed by atoms with van der Waals surface area (Å²) in [4.78, 5) is 38.6. The summed E-state index contributed by atoms with van der Waals surface area (Å²) in [6, 6.07) is 13.7. The van der Waals surface area contributed by atoms with Gasteiger partial charge < -0.3 is 14.8 Å². The lowest BCUT2D eigenvalue weighted by Gasteiger charge is -2.09. The SMILES string of the molecule is CCCOc1ccc(C(=O)Oc2ccc(Br)cc2/C=N/NC(=O)C(=O)Nc2sc3c(c2C#N)CCCC3)cc1. The number of hydrazone groups is 1. The summed E-state index contributed by atoms with van der Waals surface area (Å²) in [7, 11) is 0. The number of benzene rings is 2. The molecule has 0 bridgehead atoms. The molecule has 4 rings (SSSR count). The number of nitrogens with one attached hydrogen (secondary N) is 2. The first kappa shape index (κ1) is 28.0. The molecule has 0 spiro atoms. The van der Waals surface area contributed by atoms with E-state index in [4.69, 9.17) is 9.47 Å². The number of carbonyl (C=O) groups is 3. The number of rotatable bonds is 8. The number of nitriles is 1. The summed E-state index contributed by atoms with van der Waals surface area (Å²) in [6.45, 7) is 2.59. The van der Waals surface area contributed by atoms with E-state index in [0.717, 1.165) is 42.5 Å². The summed E-state index contributed by atoms with van der Waals surface area (Å²) in [6.07, 6.45) is 5.83. The molecule has 1 aromatic heterocycles. The molecule has 2 amide bonds. The van der Waals surface area contributed by atoms with Crippen LogP contribution in [0.5, 0.6) is 11.5 Å². The average molecular weight is 610 g/mol. The number of hydrogen-bond donors (Lipinski definition) is 2. The maximum Gasteiger partial charge on any atom is 0.343 e. The molecule has 9 nitrogen and oxygen atoms in total. The molecular formula is C28H25BrN4O5S. The van der Waals surface area contributed by atoms with Crippen molar-refractivity contribution in [1.82, 2.24) is 5.43 Å². The molecule has 0 atom stereocenters. The van der Waals surface area contributed by atoms with Crippen molar-refractivity contribution in [3.63, 3.8) is 0 Å². The van der Waals surface area contributed by atoms with E-state index in [1.165, 1.54) is 17.6 Å². The van der Waals surface area contributed by atoms with Crippen LogP contribution in [0.2, 0.25) is 0 Å². The molecule has 0 saturated heterocycles. The van der Waals surface area contributed by atoms with Crippen LogP contribution in [0.4, 0.5) is 5.00 Å². The number of halogens is 1. The third-order valence-corrected chi connectivity index (χ3v) is 7.52. The van der Waals surface area contributed by atoms with Crippen molar-refractivity contribution in [2.45, 2.75) is 39.0 Å². The highest BCUT2D eigenvalue weighted by atomic mass is 79.9. The predicted octanol–water partition coefficient (Wildman–Crippen LogP) is 5.36. The summed E-state index contributed by atoms with van der Waals surface area (Å²) < 4.78 is 11.8. The van der Waals surface area contributed by atoms with Crippen LogP contribution in [0.15, 0.2) is 52.0 Å². The predicted molar refractivity (Wildman–Crippen MR) is 151 cm³/mol. The van der Waals surface area contributed by atoms with Crippen LogP contribution in [0, 0.1) is 11.3 Å². The van der Waals surface area contributed by atoms with Gasteiger partial charge in [0.2, 0.25) is 0 Å². The Bertz CT molecular complexity index is 1460. The van der Waals surface area contributed by atoms with Crippen molar-refractivity contribution in [1.29, 1.82) is 5.26 Å². The normalized spacial score (nSPS) is 12.3. The number of amides is 2. The number of thiophene rings is 1. The Hall–Kier alpha value is -4.01. The van der Waals surface area contributed by atoms with Crippen LogP contribution in [0.3, 0.4) is 0 Å². The van der Waals surface area contributed by atoms with E-state index in [2.05, 4.69) is 37.8 Å². The molecule has 1 aliphatic rings. The number of carbonyl (C=O) groups excluding carboxylic acids is 3. The van der Waals surface area contributed by atoms with Crippen LogP contribution < -0.4 is 20.2 Å². The molecule has 0 fully saturated rings. The van der Waals surface area contributed by atoms with Crippen molar-refractivity contribution in [2.24, 2.45) is 5.10 Å². The van der Waals surface area contributed by atoms with E-state index >= 15 is 0 Å². The minimum atomic E-state index is -1.000. The maximum absolute atomic E-state index is 12.7. The van der Waals surface area contributed by atoms with Crippen molar-refractivity contribution in [2.75, 3.05) is 11.9 Å². The number of aryl methyl sites for hydroxylation is 1. The molecule has 0 unspecified atom stereocenters. The van der Waals surface area contributed by atoms with Crippen LogP contribution >= 0.6 is 27.3 Å². The van der Waals surface area contributed by atoms with Gasteiger partial charge in [-0.05, 0) is 80.1 Å². The number of anilines is 1. The summed E-state index contributed by atoms with van der Waals surface area (Å²) in [5.41, 5.74) is 4.28. The quantitative estimate of drug-likeness (QED) is 0.116. The highest BCUT2D eigenvalue weighted by molar-refractivity contribution is 9.10. The number of nitrogens with zero attached hydrogens (tertiary/aromatic N) is 2. The van der Waals surface area contributed by atoms with Crippen LogP contribution in [-0.2, 0) is 22.4 Å². The van der Waals surface area contributed by atoms with E-state index in [-0.39, 0.29) is 5.75 Å². The van der Waals surface area contributed by atoms with Gasteiger partial charge in [-0.2, -0.15) is 10.4 Å². The second kappa shape index (κ2) is 13.2. The molecule has 0 aliphatic heterocycles. The van der Waals surface area contributed by atoms with Crippen LogP contribution in [0.1, 0.15) is 58.1 Å². The zero-order valence-corrected chi connectivity index (χ0v) is 23.5. The number of fused-ring (bicyclic) bond motifs is 1. The van der Waals surface area contributed by atoms with E-state index in [1.807, 2.05) is 6.92 Å². The Morgan fingerprint density at radius 1 is 1.13 bits per heavy atom. The zero-order chi connectivity index (χ0) is 27.8. The van der Waals surface area contributed by atoms with Crippen molar-refractivity contribution in [3.8, 4) is 17.6 Å². The first-order valence-corrected chi connectivity index (χ1v) is 13.9. The molecule has 3 aromatic rings. The molecule has 2 N–H and O–H groups in total. The topological polar surface area (TPSA) is 130 Å². The Kier molecular flexibility index (Phi) is 9.46. The van der Waals surface area contributed by atoms with Crippen LogP contribution in [-0.4, -0.2) is 30.6 Å². The van der Waals surface area contributed by atoms with Gasteiger partial charge in [0.15, 0.2) is 0 Å². The third kappa shape index (κ3) is 7.10. The van der Waals surface area contributed by atoms with Gasteiger partial charge in [-0.25, -0.2) is 10.2 Å². The second-order valence-corrected chi connectivity index (χ2v) is 10.6. The Labute approximate surface area is 237 Å². The summed E-state index contributed by atoms with van der Waals surface area (Å²) in [5.74, 6) is -1.65. The summed E-state index contributed by atoms with van der Waals surface area (Å²) in [5, 5.41) is 16.3. The van der Waals surface area contributed by atoms with Gasteiger partial charge in [-0.1, -0.05) is 22.9 Å². The van der Waals surface area contributed by atoms with Gasteiger partial charge in [0.05, 0.1) is 23.9 Å². The van der Waals surface area contributed by atoms with Gasteiger partial charge in [0, 0.05) is 14.9 Å². The highest BCUT2D eigenvalue weighted by Gasteiger charge is 2.23. The molecule has 39 heavy (non-hydrogen) atoms. The fourth-order valence-corrected chi connectivity index (χ4v) is 5.54. The largest absolute Gasteiger partial charge is 0.494 e. The second-order valence-electron chi connectivity index (χ2n) is 8.62. The number of ether oxygens (including phenoxy) is 2. The van der Waals surface area contributed by atoms with Gasteiger partial charge in [-0.15, -0.1) is 11.3 Å².